The van der Waals surface area contributed by atoms with E-state index in [2.05, 4.69) is 15.4 Å². The number of carbonyl (C=O) groups is 2. The summed E-state index contributed by atoms with van der Waals surface area (Å²) in [4.78, 5) is 27.4. The van der Waals surface area contributed by atoms with Crippen LogP contribution in [0, 0.1) is 0 Å². The average molecular weight is 316 g/mol. The number of carboxylic acid groups (broad SMARTS) is 1. The molecule has 1 aromatic heterocycles. The van der Waals surface area contributed by atoms with Gasteiger partial charge >= 0.3 is 5.97 Å². The van der Waals surface area contributed by atoms with Crippen molar-refractivity contribution in [2.75, 3.05) is 0 Å². The van der Waals surface area contributed by atoms with E-state index in [4.69, 9.17) is 5.11 Å². The zero-order valence-electron chi connectivity index (χ0n) is 13.2. The first-order valence-electron chi connectivity index (χ1n) is 7.51. The standard InChI is InChI=1S/C16H20N4O3/c1-3-16(4-2,10-13(21)22)18-15(23)14-17-11-20(19-14)12-8-6-5-7-9-12/h5-9,11H,3-4,10H2,1-2H3,(H,18,23)(H,21,22). The maximum atomic E-state index is 12.4. The summed E-state index contributed by atoms with van der Waals surface area (Å²) in [5.74, 6) is -1.40. The fraction of sp³-hybridized carbons (Fsp3) is 0.375. The molecular weight excluding hydrogens is 296 g/mol. The predicted octanol–water partition coefficient (Wildman–Crippen LogP) is 2.03. The summed E-state index contributed by atoms with van der Waals surface area (Å²) in [5, 5.41) is 16.0. The number of amides is 1. The zero-order valence-corrected chi connectivity index (χ0v) is 13.2. The lowest BCUT2D eigenvalue weighted by Gasteiger charge is -2.30. The van der Waals surface area contributed by atoms with Crippen molar-refractivity contribution in [3.05, 3.63) is 42.5 Å². The Labute approximate surface area is 134 Å². The van der Waals surface area contributed by atoms with Gasteiger partial charge in [-0.05, 0) is 25.0 Å². The van der Waals surface area contributed by atoms with Crippen LogP contribution < -0.4 is 5.32 Å². The smallest absolute Gasteiger partial charge is 0.305 e. The van der Waals surface area contributed by atoms with Gasteiger partial charge in [0.2, 0.25) is 5.82 Å². The number of aliphatic carboxylic acids is 1. The molecule has 0 saturated heterocycles. The number of nitrogens with one attached hydrogen (secondary N) is 1. The first-order chi connectivity index (χ1) is 11.0. The molecule has 1 heterocycles. The summed E-state index contributed by atoms with van der Waals surface area (Å²) < 4.78 is 1.51. The molecule has 0 saturated carbocycles. The molecular formula is C16H20N4O3. The minimum atomic E-state index is -0.947. The lowest BCUT2D eigenvalue weighted by atomic mass is 9.89. The van der Waals surface area contributed by atoms with E-state index in [1.54, 1.807) is 0 Å². The molecule has 7 nitrogen and oxygen atoms in total. The van der Waals surface area contributed by atoms with Crippen molar-refractivity contribution in [3.8, 4) is 5.69 Å². The third-order valence-electron chi connectivity index (χ3n) is 3.94. The lowest BCUT2D eigenvalue weighted by Crippen LogP contribution is -2.49. The van der Waals surface area contributed by atoms with E-state index in [0.29, 0.717) is 12.8 Å². The van der Waals surface area contributed by atoms with E-state index in [1.165, 1.54) is 11.0 Å². The van der Waals surface area contributed by atoms with Gasteiger partial charge < -0.3 is 10.4 Å². The van der Waals surface area contributed by atoms with Crippen LogP contribution in [0.25, 0.3) is 5.69 Å². The van der Waals surface area contributed by atoms with E-state index >= 15 is 0 Å². The molecule has 0 radical (unpaired) electrons. The largest absolute Gasteiger partial charge is 0.481 e. The summed E-state index contributed by atoms with van der Waals surface area (Å²) in [6.45, 7) is 3.70. The molecule has 0 unspecified atom stereocenters. The Morgan fingerprint density at radius 1 is 1.22 bits per heavy atom. The molecule has 2 aromatic rings. The Morgan fingerprint density at radius 3 is 2.43 bits per heavy atom. The van der Waals surface area contributed by atoms with Gasteiger partial charge in [0, 0.05) is 0 Å². The monoisotopic (exact) mass is 316 g/mol. The highest BCUT2D eigenvalue weighted by Crippen LogP contribution is 2.20. The molecule has 0 aliphatic rings. The molecule has 1 aromatic carbocycles. The summed E-state index contributed by atoms with van der Waals surface area (Å²) in [5.41, 5.74) is 0.00281. The number of carbonyl (C=O) groups excluding carboxylic acids is 1. The molecule has 0 spiro atoms. The second kappa shape index (κ2) is 7.04. The van der Waals surface area contributed by atoms with Crippen molar-refractivity contribution in [1.29, 1.82) is 0 Å². The van der Waals surface area contributed by atoms with E-state index in [-0.39, 0.29) is 12.2 Å². The van der Waals surface area contributed by atoms with Crippen LogP contribution in [0.3, 0.4) is 0 Å². The molecule has 7 heteroatoms. The van der Waals surface area contributed by atoms with Crippen molar-refractivity contribution in [2.24, 2.45) is 0 Å². The summed E-state index contributed by atoms with van der Waals surface area (Å²) in [6, 6.07) is 9.31. The SMILES string of the molecule is CCC(CC)(CC(=O)O)NC(=O)c1ncn(-c2ccccc2)n1. The van der Waals surface area contributed by atoms with Gasteiger partial charge in [-0.1, -0.05) is 32.0 Å². The number of nitrogens with zero attached hydrogens (tertiary/aromatic N) is 3. The van der Waals surface area contributed by atoms with E-state index in [1.807, 2.05) is 44.2 Å². The van der Waals surface area contributed by atoms with Gasteiger partial charge in [0.05, 0.1) is 17.6 Å². The topological polar surface area (TPSA) is 97.1 Å². The molecule has 2 N–H and O–H groups in total. The predicted molar refractivity (Wildman–Crippen MR) is 84.4 cm³/mol. The zero-order chi connectivity index (χ0) is 16.9. The summed E-state index contributed by atoms with van der Waals surface area (Å²) in [7, 11) is 0. The van der Waals surface area contributed by atoms with E-state index < -0.39 is 17.4 Å². The molecule has 23 heavy (non-hydrogen) atoms. The minimum Gasteiger partial charge on any atom is -0.481 e. The summed E-state index contributed by atoms with van der Waals surface area (Å²) in [6.07, 6.45) is 2.36. The van der Waals surface area contributed by atoms with Crippen molar-refractivity contribution in [3.63, 3.8) is 0 Å². The number of para-hydroxylation sites is 1. The second-order valence-corrected chi connectivity index (χ2v) is 5.36. The highest BCUT2D eigenvalue weighted by atomic mass is 16.4. The Morgan fingerprint density at radius 2 is 1.87 bits per heavy atom. The number of carboxylic acids is 1. The van der Waals surface area contributed by atoms with Crippen LogP contribution in [0.2, 0.25) is 0 Å². The Balaban J connectivity index is 2.17. The highest BCUT2D eigenvalue weighted by Gasteiger charge is 2.32. The first kappa shape index (κ1) is 16.7. The van der Waals surface area contributed by atoms with Crippen LogP contribution in [-0.4, -0.2) is 37.3 Å². The van der Waals surface area contributed by atoms with Gasteiger partial charge in [-0.3, -0.25) is 9.59 Å². The molecule has 0 fully saturated rings. The van der Waals surface area contributed by atoms with Crippen LogP contribution in [0.1, 0.15) is 43.7 Å². The van der Waals surface area contributed by atoms with Crippen LogP contribution in [0.15, 0.2) is 36.7 Å². The number of rotatable bonds is 7. The van der Waals surface area contributed by atoms with Gasteiger partial charge in [-0.2, -0.15) is 0 Å². The van der Waals surface area contributed by atoms with Crippen LogP contribution in [0.4, 0.5) is 0 Å². The average Bonchev–Trinajstić information content (AvgIpc) is 3.04. The molecule has 0 aliphatic carbocycles. The lowest BCUT2D eigenvalue weighted by molar-refractivity contribution is -0.138. The highest BCUT2D eigenvalue weighted by molar-refractivity contribution is 5.91. The molecule has 0 aliphatic heterocycles. The van der Waals surface area contributed by atoms with E-state index in [0.717, 1.165) is 5.69 Å². The molecule has 0 bridgehead atoms. The van der Waals surface area contributed by atoms with Crippen LogP contribution in [-0.2, 0) is 4.79 Å². The Bertz CT molecular complexity index is 678. The van der Waals surface area contributed by atoms with Crippen molar-refractivity contribution in [1.82, 2.24) is 20.1 Å². The van der Waals surface area contributed by atoms with Gasteiger partial charge in [0.25, 0.3) is 5.91 Å². The maximum absolute atomic E-state index is 12.4. The molecule has 0 atom stereocenters. The number of hydrogen-bond acceptors (Lipinski definition) is 4. The first-order valence-corrected chi connectivity index (χ1v) is 7.51. The normalized spacial score (nSPS) is 11.2. The van der Waals surface area contributed by atoms with E-state index in [9.17, 15) is 9.59 Å². The second-order valence-electron chi connectivity index (χ2n) is 5.36. The van der Waals surface area contributed by atoms with Crippen LogP contribution >= 0.6 is 0 Å². The quantitative estimate of drug-likeness (QED) is 0.814. The van der Waals surface area contributed by atoms with Gasteiger partial charge in [-0.25, -0.2) is 9.67 Å². The Hall–Kier alpha value is -2.70. The van der Waals surface area contributed by atoms with Crippen molar-refractivity contribution in [2.45, 2.75) is 38.6 Å². The van der Waals surface area contributed by atoms with Gasteiger partial charge in [0.1, 0.15) is 6.33 Å². The number of aromatic nitrogens is 3. The number of benzene rings is 1. The van der Waals surface area contributed by atoms with Gasteiger partial charge in [-0.15, -0.1) is 5.10 Å². The fourth-order valence-electron chi connectivity index (χ4n) is 2.38. The van der Waals surface area contributed by atoms with Crippen molar-refractivity contribution < 1.29 is 14.7 Å². The summed E-state index contributed by atoms with van der Waals surface area (Å²) >= 11 is 0. The molecule has 122 valence electrons. The minimum absolute atomic E-state index is 0.0190. The maximum Gasteiger partial charge on any atom is 0.305 e. The Kier molecular flexibility index (Phi) is 5.10. The molecule has 1 amide bonds. The van der Waals surface area contributed by atoms with Crippen molar-refractivity contribution >= 4 is 11.9 Å². The fourth-order valence-corrected chi connectivity index (χ4v) is 2.38. The number of hydrogen-bond donors (Lipinski definition) is 2. The van der Waals surface area contributed by atoms with Gasteiger partial charge in [0.15, 0.2) is 0 Å². The third-order valence-corrected chi connectivity index (χ3v) is 3.94. The third kappa shape index (κ3) is 3.94. The van der Waals surface area contributed by atoms with Crippen LogP contribution in [0.5, 0.6) is 0 Å². The molecule has 2 rings (SSSR count).